The molecule has 1 amide bonds. The van der Waals surface area contributed by atoms with Crippen molar-refractivity contribution in [1.82, 2.24) is 5.32 Å². The third kappa shape index (κ3) is 3.97. The first kappa shape index (κ1) is 14.4. The van der Waals surface area contributed by atoms with Gasteiger partial charge in [0.1, 0.15) is 0 Å². The standard InChI is InChI=1S/C12H15NO4S/c1-3-4-17-5-10(12(15)16)13-11(14)9-7-18-6-8(9)2/h3,6-7,10H,1,4-5H2,2H3,(H,13,14)(H,15,16). The van der Waals surface area contributed by atoms with Crippen LogP contribution in [0.3, 0.4) is 0 Å². The van der Waals surface area contributed by atoms with E-state index in [1.807, 2.05) is 5.38 Å². The summed E-state index contributed by atoms with van der Waals surface area (Å²) in [7, 11) is 0. The zero-order valence-electron chi connectivity index (χ0n) is 10.0. The summed E-state index contributed by atoms with van der Waals surface area (Å²) in [6.07, 6.45) is 1.52. The first-order chi connectivity index (χ1) is 8.56. The van der Waals surface area contributed by atoms with E-state index in [0.29, 0.717) is 5.56 Å². The summed E-state index contributed by atoms with van der Waals surface area (Å²) in [5.41, 5.74) is 1.32. The Morgan fingerprint density at radius 2 is 2.33 bits per heavy atom. The molecule has 0 spiro atoms. The van der Waals surface area contributed by atoms with E-state index in [-0.39, 0.29) is 13.2 Å². The molecular formula is C12H15NO4S. The first-order valence-electron chi connectivity index (χ1n) is 5.31. The van der Waals surface area contributed by atoms with Gasteiger partial charge < -0.3 is 15.2 Å². The molecule has 18 heavy (non-hydrogen) atoms. The quantitative estimate of drug-likeness (QED) is 0.580. The fourth-order valence-electron chi connectivity index (χ4n) is 1.27. The van der Waals surface area contributed by atoms with Crippen LogP contribution in [0.4, 0.5) is 0 Å². The molecule has 0 aliphatic heterocycles. The van der Waals surface area contributed by atoms with E-state index in [4.69, 9.17) is 9.84 Å². The Morgan fingerprint density at radius 1 is 1.61 bits per heavy atom. The molecule has 0 fully saturated rings. The Bertz CT molecular complexity index is 441. The van der Waals surface area contributed by atoms with Gasteiger partial charge >= 0.3 is 5.97 Å². The van der Waals surface area contributed by atoms with E-state index in [2.05, 4.69) is 11.9 Å². The van der Waals surface area contributed by atoms with Gasteiger partial charge in [-0.1, -0.05) is 6.08 Å². The lowest BCUT2D eigenvalue weighted by Crippen LogP contribution is -2.44. The maximum absolute atomic E-state index is 11.8. The molecule has 0 aromatic carbocycles. The molecule has 6 heteroatoms. The number of nitrogens with one attached hydrogen (secondary N) is 1. The molecule has 0 saturated carbocycles. The molecule has 1 rings (SSSR count). The molecule has 1 atom stereocenters. The summed E-state index contributed by atoms with van der Waals surface area (Å²) in [6.45, 7) is 5.42. The van der Waals surface area contributed by atoms with Gasteiger partial charge in [-0.2, -0.15) is 11.3 Å². The van der Waals surface area contributed by atoms with E-state index < -0.39 is 17.9 Å². The molecule has 0 aliphatic carbocycles. The smallest absolute Gasteiger partial charge is 0.328 e. The van der Waals surface area contributed by atoms with Crippen molar-refractivity contribution < 1.29 is 19.4 Å². The molecule has 1 aromatic heterocycles. The monoisotopic (exact) mass is 269 g/mol. The van der Waals surface area contributed by atoms with Crippen molar-refractivity contribution >= 4 is 23.2 Å². The molecule has 5 nitrogen and oxygen atoms in total. The van der Waals surface area contributed by atoms with Crippen LogP contribution in [0.15, 0.2) is 23.4 Å². The van der Waals surface area contributed by atoms with E-state index in [0.717, 1.165) is 5.56 Å². The third-order valence-electron chi connectivity index (χ3n) is 2.22. The molecule has 2 N–H and O–H groups in total. The number of thiophene rings is 1. The fourth-order valence-corrected chi connectivity index (χ4v) is 2.10. The minimum atomic E-state index is -1.12. The third-order valence-corrected chi connectivity index (χ3v) is 3.09. The average Bonchev–Trinajstić information content (AvgIpc) is 2.74. The van der Waals surface area contributed by atoms with Crippen molar-refractivity contribution in [3.63, 3.8) is 0 Å². The van der Waals surface area contributed by atoms with Gasteiger partial charge in [-0.25, -0.2) is 4.79 Å². The predicted octanol–water partition coefficient (Wildman–Crippen LogP) is 1.44. The lowest BCUT2D eigenvalue weighted by atomic mass is 10.2. The summed E-state index contributed by atoms with van der Waals surface area (Å²) in [6, 6.07) is -1.06. The van der Waals surface area contributed by atoms with E-state index in [1.165, 1.54) is 17.4 Å². The number of hydrogen-bond donors (Lipinski definition) is 2. The molecule has 0 radical (unpaired) electrons. The predicted molar refractivity (Wildman–Crippen MR) is 69.0 cm³/mol. The number of carboxylic acid groups (broad SMARTS) is 1. The number of hydrogen-bond acceptors (Lipinski definition) is 4. The minimum absolute atomic E-state index is 0.0870. The van der Waals surface area contributed by atoms with Crippen LogP contribution in [-0.4, -0.2) is 36.2 Å². The van der Waals surface area contributed by atoms with Gasteiger partial charge in [0, 0.05) is 5.38 Å². The van der Waals surface area contributed by atoms with Crippen LogP contribution in [-0.2, 0) is 9.53 Å². The lowest BCUT2D eigenvalue weighted by Gasteiger charge is -2.14. The first-order valence-corrected chi connectivity index (χ1v) is 6.25. The van der Waals surface area contributed by atoms with Crippen molar-refractivity contribution in [2.24, 2.45) is 0 Å². The van der Waals surface area contributed by atoms with Gasteiger partial charge in [-0.3, -0.25) is 4.79 Å². The number of aryl methyl sites for hydroxylation is 1. The Labute approximate surface area is 109 Å². The highest BCUT2D eigenvalue weighted by Crippen LogP contribution is 2.13. The second-order valence-corrected chi connectivity index (χ2v) is 4.40. The van der Waals surface area contributed by atoms with Crippen molar-refractivity contribution in [3.05, 3.63) is 34.5 Å². The SMILES string of the molecule is C=CCOCC(NC(=O)c1cscc1C)C(=O)O. The second kappa shape index (κ2) is 6.93. The zero-order valence-corrected chi connectivity index (χ0v) is 10.8. The number of amides is 1. The van der Waals surface area contributed by atoms with Crippen LogP contribution in [0.5, 0.6) is 0 Å². The number of carbonyl (C=O) groups is 2. The summed E-state index contributed by atoms with van der Waals surface area (Å²) >= 11 is 1.40. The normalized spacial score (nSPS) is 11.8. The van der Waals surface area contributed by atoms with Gasteiger partial charge in [0.2, 0.25) is 0 Å². The summed E-state index contributed by atoms with van der Waals surface area (Å²) in [5, 5.41) is 14.9. The molecule has 1 aromatic rings. The van der Waals surface area contributed by atoms with E-state index >= 15 is 0 Å². The summed E-state index contributed by atoms with van der Waals surface area (Å²) < 4.78 is 5.04. The number of carboxylic acids is 1. The van der Waals surface area contributed by atoms with Gasteiger partial charge in [0.25, 0.3) is 5.91 Å². The molecule has 0 aliphatic rings. The zero-order chi connectivity index (χ0) is 13.5. The van der Waals surface area contributed by atoms with Gasteiger partial charge in [-0.15, -0.1) is 6.58 Å². The van der Waals surface area contributed by atoms with Gasteiger partial charge in [0.15, 0.2) is 6.04 Å². The van der Waals surface area contributed by atoms with Crippen LogP contribution in [0, 0.1) is 6.92 Å². The van der Waals surface area contributed by atoms with Crippen LogP contribution in [0.25, 0.3) is 0 Å². The Kier molecular flexibility index (Phi) is 5.54. The number of rotatable bonds is 7. The van der Waals surface area contributed by atoms with Gasteiger partial charge in [0.05, 0.1) is 18.8 Å². The van der Waals surface area contributed by atoms with Gasteiger partial charge in [-0.05, 0) is 17.9 Å². The van der Waals surface area contributed by atoms with Crippen molar-refractivity contribution in [1.29, 1.82) is 0 Å². The maximum Gasteiger partial charge on any atom is 0.328 e. The summed E-state index contributed by atoms with van der Waals surface area (Å²) in [4.78, 5) is 22.8. The maximum atomic E-state index is 11.8. The highest BCUT2D eigenvalue weighted by atomic mass is 32.1. The molecule has 98 valence electrons. The summed E-state index contributed by atoms with van der Waals surface area (Å²) in [5.74, 6) is -1.52. The van der Waals surface area contributed by atoms with Crippen molar-refractivity contribution in [2.75, 3.05) is 13.2 Å². The van der Waals surface area contributed by atoms with E-state index in [1.54, 1.807) is 12.3 Å². The van der Waals surface area contributed by atoms with Crippen LogP contribution >= 0.6 is 11.3 Å². The minimum Gasteiger partial charge on any atom is -0.480 e. The highest BCUT2D eigenvalue weighted by molar-refractivity contribution is 7.08. The van der Waals surface area contributed by atoms with Crippen LogP contribution in [0.1, 0.15) is 15.9 Å². The number of carbonyl (C=O) groups excluding carboxylic acids is 1. The molecule has 1 unspecified atom stereocenters. The fraction of sp³-hybridized carbons (Fsp3) is 0.333. The molecular weight excluding hydrogens is 254 g/mol. The van der Waals surface area contributed by atoms with Crippen molar-refractivity contribution in [3.8, 4) is 0 Å². The Balaban J connectivity index is 2.61. The Hall–Kier alpha value is -1.66. The van der Waals surface area contributed by atoms with E-state index in [9.17, 15) is 9.59 Å². The number of ether oxygens (including phenoxy) is 1. The Morgan fingerprint density at radius 3 is 2.83 bits per heavy atom. The van der Waals surface area contributed by atoms with Crippen LogP contribution in [0.2, 0.25) is 0 Å². The molecule has 0 bridgehead atoms. The lowest BCUT2D eigenvalue weighted by molar-refractivity contribution is -0.140. The topological polar surface area (TPSA) is 75.6 Å². The molecule has 0 saturated heterocycles. The largest absolute Gasteiger partial charge is 0.480 e. The van der Waals surface area contributed by atoms with Crippen LogP contribution < -0.4 is 5.32 Å². The average molecular weight is 269 g/mol. The highest BCUT2D eigenvalue weighted by Gasteiger charge is 2.21. The second-order valence-electron chi connectivity index (χ2n) is 3.66. The number of aliphatic carboxylic acids is 1. The molecule has 1 heterocycles. The van der Waals surface area contributed by atoms with Crippen molar-refractivity contribution in [2.45, 2.75) is 13.0 Å².